The van der Waals surface area contributed by atoms with E-state index in [-0.39, 0.29) is 5.92 Å². The lowest BCUT2D eigenvalue weighted by Crippen LogP contribution is -2.02. The largest absolute Gasteiger partial charge is 0.493 e. The highest BCUT2D eigenvalue weighted by atomic mass is 32.1. The normalized spacial score (nSPS) is 10.4. The molecule has 0 N–H and O–H groups in total. The second-order valence-electron chi connectivity index (χ2n) is 4.84. The van der Waals surface area contributed by atoms with Gasteiger partial charge >= 0.3 is 0 Å². The molecule has 0 amide bonds. The Bertz CT molecular complexity index is 644. The summed E-state index contributed by atoms with van der Waals surface area (Å²) in [6, 6.07) is 9.77. The molecule has 0 aliphatic rings. The van der Waals surface area contributed by atoms with Gasteiger partial charge in [-0.3, -0.25) is 0 Å². The predicted octanol–water partition coefficient (Wildman–Crippen LogP) is 3.77. The van der Waals surface area contributed by atoms with Gasteiger partial charge in [0.2, 0.25) is 0 Å². The number of ether oxygens (including phenoxy) is 2. The van der Waals surface area contributed by atoms with Gasteiger partial charge in [0.1, 0.15) is 10.9 Å². The van der Waals surface area contributed by atoms with Crippen LogP contribution >= 0.6 is 11.3 Å². The van der Waals surface area contributed by atoms with Gasteiger partial charge in [0, 0.05) is 6.42 Å². The van der Waals surface area contributed by atoms with Crippen LogP contribution in [0.1, 0.15) is 35.3 Å². The van der Waals surface area contributed by atoms with Crippen molar-refractivity contribution in [2.75, 3.05) is 13.7 Å². The second kappa shape index (κ2) is 7.09. The summed E-state index contributed by atoms with van der Waals surface area (Å²) < 4.78 is 11.0. The molecule has 0 atom stereocenters. The number of aromatic nitrogens is 1. The monoisotopic (exact) mass is 302 g/mol. The molecule has 0 aliphatic carbocycles. The highest BCUT2D eigenvalue weighted by Crippen LogP contribution is 2.27. The Balaban J connectivity index is 1.99. The Morgan fingerprint density at radius 2 is 2.00 bits per heavy atom. The predicted molar refractivity (Wildman–Crippen MR) is 83.1 cm³/mol. The highest BCUT2D eigenvalue weighted by molar-refractivity contribution is 7.12. The van der Waals surface area contributed by atoms with Crippen molar-refractivity contribution in [2.24, 2.45) is 0 Å². The molecular formula is C16H18N2O2S. The van der Waals surface area contributed by atoms with Crippen molar-refractivity contribution >= 4 is 11.3 Å². The van der Waals surface area contributed by atoms with Crippen LogP contribution in [0.2, 0.25) is 0 Å². The van der Waals surface area contributed by atoms with Crippen LogP contribution in [0.15, 0.2) is 24.3 Å². The van der Waals surface area contributed by atoms with Crippen LogP contribution < -0.4 is 9.47 Å². The summed E-state index contributed by atoms with van der Waals surface area (Å²) in [5, 5.41) is 10.1. The number of nitrogens with zero attached hydrogens (tertiary/aromatic N) is 2. The molecule has 1 aromatic carbocycles. The van der Waals surface area contributed by atoms with Crippen molar-refractivity contribution in [2.45, 2.75) is 26.2 Å². The summed E-state index contributed by atoms with van der Waals surface area (Å²) in [4.78, 5) is 5.24. The molecule has 0 fully saturated rings. The number of methoxy groups -OCH3 is 1. The molecule has 1 heterocycles. The second-order valence-corrected chi connectivity index (χ2v) is 5.92. The van der Waals surface area contributed by atoms with Crippen molar-refractivity contribution in [1.29, 1.82) is 5.26 Å². The van der Waals surface area contributed by atoms with E-state index in [0.29, 0.717) is 17.9 Å². The molecule has 5 heteroatoms. The molecule has 2 rings (SSSR count). The Labute approximate surface area is 129 Å². The van der Waals surface area contributed by atoms with Crippen molar-refractivity contribution in [3.63, 3.8) is 0 Å². The number of benzene rings is 1. The molecule has 0 saturated carbocycles. The third-order valence-electron chi connectivity index (χ3n) is 2.99. The first kappa shape index (κ1) is 15.3. The summed E-state index contributed by atoms with van der Waals surface area (Å²) in [6.45, 7) is 4.60. The van der Waals surface area contributed by atoms with Gasteiger partial charge in [-0.1, -0.05) is 26.0 Å². The van der Waals surface area contributed by atoms with E-state index in [1.807, 2.05) is 38.1 Å². The van der Waals surface area contributed by atoms with E-state index in [2.05, 4.69) is 11.1 Å². The lowest BCUT2D eigenvalue weighted by atomic mass is 10.1. The smallest absolute Gasteiger partial charge is 0.161 e. The van der Waals surface area contributed by atoms with E-state index < -0.39 is 0 Å². The number of rotatable bonds is 6. The van der Waals surface area contributed by atoms with Crippen LogP contribution in [-0.2, 0) is 6.42 Å². The maximum atomic E-state index is 9.13. The average molecular weight is 302 g/mol. The maximum Gasteiger partial charge on any atom is 0.161 e. The van der Waals surface area contributed by atoms with E-state index in [1.54, 1.807) is 7.11 Å². The van der Waals surface area contributed by atoms with Gasteiger partial charge < -0.3 is 9.47 Å². The number of hydrogen-bond acceptors (Lipinski definition) is 5. The standard InChI is InChI=1S/C16H18N2O2S/c1-11(2)16-14(10-17)21-15(18-16)8-9-20-13-7-5-4-6-12(13)19-3/h4-7,11H,8-9H2,1-3H3. The Kier molecular flexibility index (Phi) is 5.18. The van der Waals surface area contributed by atoms with Crippen LogP contribution in [-0.4, -0.2) is 18.7 Å². The van der Waals surface area contributed by atoms with Crippen LogP contribution in [0.3, 0.4) is 0 Å². The van der Waals surface area contributed by atoms with E-state index in [0.717, 1.165) is 22.2 Å². The first-order valence-electron chi connectivity index (χ1n) is 6.81. The van der Waals surface area contributed by atoms with Gasteiger partial charge in [-0.2, -0.15) is 5.26 Å². The van der Waals surface area contributed by atoms with E-state index in [1.165, 1.54) is 11.3 Å². The van der Waals surface area contributed by atoms with Crippen molar-refractivity contribution in [3.05, 3.63) is 39.8 Å². The molecule has 0 aliphatic heterocycles. The van der Waals surface area contributed by atoms with Gasteiger partial charge in [-0.15, -0.1) is 11.3 Å². The third-order valence-corrected chi connectivity index (χ3v) is 4.02. The minimum Gasteiger partial charge on any atom is -0.493 e. The summed E-state index contributed by atoms with van der Waals surface area (Å²) in [7, 11) is 1.62. The zero-order chi connectivity index (χ0) is 15.2. The number of thiazole rings is 1. The van der Waals surface area contributed by atoms with Gasteiger partial charge in [0.15, 0.2) is 11.5 Å². The fourth-order valence-corrected chi connectivity index (χ4v) is 2.94. The maximum absolute atomic E-state index is 9.13. The fraction of sp³-hybridized carbons (Fsp3) is 0.375. The highest BCUT2D eigenvalue weighted by Gasteiger charge is 2.14. The van der Waals surface area contributed by atoms with Crippen molar-refractivity contribution in [1.82, 2.24) is 4.98 Å². The summed E-state index contributed by atoms with van der Waals surface area (Å²) in [5.74, 6) is 1.71. The summed E-state index contributed by atoms with van der Waals surface area (Å²) >= 11 is 1.45. The molecule has 0 bridgehead atoms. The summed E-state index contributed by atoms with van der Waals surface area (Å²) in [6.07, 6.45) is 0.685. The zero-order valence-corrected chi connectivity index (χ0v) is 13.2. The molecule has 110 valence electrons. The van der Waals surface area contributed by atoms with Crippen LogP contribution in [0.4, 0.5) is 0 Å². The van der Waals surface area contributed by atoms with Crippen molar-refractivity contribution in [3.8, 4) is 17.6 Å². The minimum absolute atomic E-state index is 0.264. The molecule has 0 saturated heterocycles. The molecular weight excluding hydrogens is 284 g/mol. The van der Waals surface area contributed by atoms with Gasteiger partial charge in [0.25, 0.3) is 0 Å². The summed E-state index contributed by atoms with van der Waals surface area (Å²) in [5.41, 5.74) is 0.884. The van der Waals surface area contributed by atoms with Crippen LogP contribution in [0.5, 0.6) is 11.5 Å². The van der Waals surface area contributed by atoms with Gasteiger partial charge in [-0.05, 0) is 18.1 Å². The minimum atomic E-state index is 0.264. The van der Waals surface area contributed by atoms with Gasteiger partial charge in [0.05, 0.1) is 24.4 Å². The van der Waals surface area contributed by atoms with Gasteiger partial charge in [-0.25, -0.2) is 4.98 Å². The fourth-order valence-electron chi connectivity index (χ4n) is 1.94. The Hall–Kier alpha value is -2.06. The molecule has 21 heavy (non-hydrogen) atoms. The quantitative estimate of drug-likeness (QED) is 0.815. The van der Waals surface area contributed by atoms with Crippen molar-refractivity contribution < 1.29 is 9.47 Å². The first-order valence-corrected chi connectivity index (χ1v) is 7.63. The number of hydrogen-bond donors (Lipinski definition) is 0. The molecule has 2 aromatic rings. The SMILES string of the molecule is COc1ccccc1OCCc1nc(C(C)C)c(C#N)s1. The molecule has 0 radical (unpaired) electrons. The number of para-hydroxylation sites is 2. The van der Waals surface area contributed by atoms with Crippen LogP contribution in [0, 0.1) is 11.3 Å². The lowest BCUT2D eigenvalue weighted by molar-refractivity contribution is 0.297. The van der Waals surface area contributed by atoms with E-state index in [9.17, 15) is 0 Å². The Morgan fingerprint density at radius 1 is 1.29 bits per heavy atom. The van der Waals surface area contributed by atoms with E-state index >= 15 is 0 Å². The first-order chi connectivity index (χ1) is 10.2. The Morgan fingerprint density at radius 3 is 2.57 bits per heavy atom. The molecule has 0 spiro atoms. The number of nitriles is 1. The third kappa shape index (κ3) is 3.73. The average Bonchev–Trinajstić information content (AvgIpc) is 2.91. The lowest BCUT2D eigenvalue weighted by Gasteiger charge is -2.09. The molecule has 1 aromatic heterocycles. The molecule has 4 nitrogen and oxygen atoms in total. The molecule has 0 unspecified atom stereocenters. The van der Waals surface area contributed by atoms with E-state index in [4.69, 9.17) is 14.7 Å². The van der Waals surface area contributed by atoms with Crippen LogP contribution in [0.25, 0.3) is 0 Å². The zero-order valence-electron chi connectivity index (χ0n) is 12.4. The topological polar surface area (TPSA) is 55.1 Å².